The van der Waals surface area contributed by atoms with Gasteiger partial charge in [-0.2, -0.15) is 0 Å². The fourth-order valence-electron chi connectivity index (χ4n) is 2.79. The predicted molar refractivity (Wildman–Crippen MR) is 102 cm³/mol. The highest BCUT2D eigenvalue weighted by Crippen LogP contribution is 2.24. The van der Waals surface area contributed by atoms with Gasteiger partial charge in [0.1, 0.15) is 11.7 Å². The number of alkyl halides is 1. The fourth-order valence-corrected chi connectivity index (χ4v) is 3.19. The summed E-state index contributed by atoms with van der Waals surface area (Å²) in [5.41, 5.74) is 1.39. The van der Waals surface area contributed by atoms with Crippen LogP contribution in [0, 0.1) is 0 Å². The SMILES string of the molecule is O=C(CCCCCCBr)C(C(=O)c1ccccc1)c1ccccc1. The Morgan fingerprint density at radius 3 is 2.00 bits per heavy atom. The molecule has 3 heteroatoms. The molecule has 0 saturated heterocycles. The second-order valence-corrected chi connectivity index (χ2v) is 6.69. The summed E-state index contributed by atoms with van der Waals surface area (Å²) >= 11 is 3.42. The van der Waals surface area contributed by atoms with Crippen molar-refractivity contribution in [1.82, 2.24) is 0 Å². The maximum absolute atomic E-state index is 12.9. The van der Waals surface area contributed by atoms with Gasteiger partial charge < -0.3 is 0 Å². The van der Waals surface area contributed by atoms with Crippen LogP contribution in [0.1, 0.15) is 53.9 Å². The molecule has 0 aliphatic heterocycles. The number of carbonyl (C=O) groups excluding carboxylic acids is 2. The highest BCUT2D eigenvalue weighted by atomic mass is 79.9. The molecule has 0 aliphatic carbocycles. The van der Waals surface area contributed by atoms with Crippen LogP contribution in [0.5, 0.6) is 0 Å². The van der Waals surface area contributed by atoms with Crippen LogP contribution < -0.4 is 0 Å². The van der Waals surface area contributed by atoms with Crippen molar-refractivity contribution in [2.75, 3.05) is 5.33 Å². The van der Waals surface area contributed by atoms with Crippen molar-refractivity contribution in [2.45, 2.75) is 38.0 Å². The standard InChI is InChI=1S/C21H23BrO2/c22-16-10-2-1-9-15-19(23)20(17-11-5-3-6-12-17)21(24)18-13-7-4-8-14-18/h3-8,11-14,20H,1-2,9-10,15-16H2. The van der Waals surface area contributed by atoms with Crippen LogP contribution in [0.25, 0.3) is 0 Å². The minimum atomic E-state index is -0.690. The molecule has 126 valence electrons. The lowest BCUT2D eigenvalue weighted by atomic mass is 9.85. The molecule has 24 heavy (non-hydrogen) atoms. The average molecular weight is 387 g/mol. The van der Waals surface area contributed by atoms with Crippen LogP contribution >= 0.6 is 15.9 Å². The molecule has 0 saturated carbocycles. The number of halogens is 1. The number of hydrogen-bond donors (Lipinski definition) is 0. The van der Waals surface area contributed by atoms with Crippen molar-refractivity contribution in [2.24, 2.45) is 0 Å². The molecule has 1 unspecified atom stereocenters. The molecule has 0 fully saturated rings. The summed E-state index contributed by atoms with van der Waals surface area (Å²) in [4.78, 5) is 25.7. The first-order chi connectivity index (χ1) is 11.7. The highest BCUT2D eigenvalue weighted by molar-refractivity contribution is 9.09. The Morgan fingerprint density at radius 2 is 1.38 bits per heavy atom. The Balaban J connectivity index is 2.12. The van der Waals surface area contributed by atoms with E-state index in [1.54, 1.807) is 12.1 Å². The van der Waals surface area contributed by atoms with Crippen LogP contribution in [0.15, 0.2) is 60.7 Å². The Morgan fingerprint density at radius 1 is 0.792 bits per heavy atom. The van der Waals surface area contributed by atoms with E-state index in [0.29, 0.717) is 12.0 Å². The number of Topliss-reactive ketones (excluding diaryl/α,β-unsaturated/α-hetero) is 2. The molecule has 1 atom stereocenters. The first-order valence-electron chi connectivity index (χ1n) is 8.47. The molecule has 0 heterocycles. The van der Waals surface area contributed by atoms with Crippen LogP contribution in [-0.2, 0) is 4.79 Å². The summed E-state index contributed by atoms with van der Waals surface area (Å²) < 4.78 is 0. The van der Waals surface area contributed by atoms with Crippen LogP contribution in [0.2, 0.25) is 0 Å². The van der Waals surface area contributed by atoms with Gasteiger partial charge in [0.2, 0.25) is 0 Å². The molecule has 0 aliphatic rings. The van der Waals surface area contributed by atoms with E-state index in [0.717, 1.165) is 36.6 Å². The van der Waals surface area contributed by atoms with Crippen molar-refractivity contribution in [3.05, 3.63) is 71.8 Å². The summed E-state index contributed by atoms with van der Waals surface area (Å²) in [5.74, 6) is -0.772. The molecule has 0 N–H and O–H groups in total. The third-order valence-electron chi connectivity index (χ3n) is 4.08. The summed E-state index contributed by atoms with van der Waals surface area (Å²) in [5, 5.41) is 1.00. The second kappa shape index (κ2) is 10.2. The molecule has 0 spiro atoms. The average Bonchev–Trinajstić information content (AvgIpc) is 2.63. The van der Waals surface area contributed by atoms with Gasteiger partial charge in [-0.05, 0) is 18.4 Å². The van der Waals surface area contributed by atoms with E-state index in [1.165, 1.54) is 0 Å². The number of benzene rings is 2. The summed E-state index contributed by atoms with van der Waals surface area (Å²) in [6.07, 6.45) is 4.57. The number of ketones is 2. The largest absolute Gasteiger partial charge is 0.299 e. The van der Waals surface area contributed by atoms with Gasteiger partial charge in [-0.3, -0.25) is 9.59 Å². The van der Waals surface area contributed by atoms with Gasteiger partial charge in [-0.15, -0.1) is 0 Å². The number of carbonyl (C=O) groups is 2. The van der Waals surface area contributed by atoms with E-state index in [-0.39, 0.29) is 11.6 Å². The zero-order valence-electron chi connectivity index (χ0n) is 13.8. The van der Waals surface area contributed by atoms with Gasteiger partial charge in [0, 0.05) is 17.3 Å². The monoisotopic (exact) mass is 386 g/mol. The molecule has 2 nitrogen and oxygen atoms in total. The number of unbranched alkanes of at least 4 members (excludes halogenated alkanes) is 3. The lowest BCUT2D eigenvalue weighted by Crippen LogP contribution is -2.22. The van der Waals surface area contributed by atoms with E-state index in [1.807, 2.05) is 48.5 Å². The molecule has 2 aromatic rings. The third kappa shape index (κ3) is 5.41. The molecule has 0 bridgehead atoms. The lowest BCUT2D eigenvalue weighted by Gasteiger charge is -2.15. The van der Waals surface area contributed by atoms with Gasteiger partial charge >= 0.3 is 0 Å². The Hall–Kier alpha value is -1.74. The Labute approximate surface area is 152 Å². The zero-order chi connectivity index (χ0) is 17.2. The molecule has 0 aromatic heterocycles. The zero-order valence-corrected chi connectivity index (χ0v) is 15.4. The van der Waals surface area contributed by atoms with Crippen molar-refractivity contribution in [3.8, 4) is 0 Å². The highest BCUT2D eigenvalue weighted by Gasteiger charge is 2.28. The van der Waals surface area contributed by atoms with E-state index in [9.17, 15) is 9.59 Å². The van der Waals surface area contributed by atoms with Gasteiger partial charge in [0.05, 0.1) is 0 Å². The normalized spacial score (nSPS) is 11.9. The maximum Gasteiger partial charge on any atom is 0.177 e. The van der Waals surface area contributed by atoms with Gasteiger partial charge in [0.15, 0.2) is 5.78 Å². The van der Waals surface area contributed by atoms with E-state index < -0.39 is 5.92 Å². The molecule has 2 aromatic carbocycles. The van der Waals surface area contributed by atoms with E-state index in [2.05, 4.69) is 15.9 Å². The van der Waals surface area contributed by atoms with E-state index in [4.69, 9.17) is 0 Å². The topological polar surface area (TPSA) is 34.1 Å². The van der Waals surface area contributed by atoms with Crippen molar-refractivity contribution in [3.63, 3.8) is 0 Å². The van der Waals surface area contributed by atoms with Crippen LogP contribution in [0.4, 0.5) is 0 Å². The van der Waals surface area contributed by atoms with Gasteiger partial charge in [-0.1, -0.05) is 89.4 Å². The number of rotatable bonds is 10. The smallest absolute Gasteiger partial charge is 0.177 e. The summed E-state index contributed by atoms with van der Waals surface area (Å²) in [6, 6.07) is 18.5. The lowest BCUT2D eigenvalue weighted by molar-refractivity contribution is -0.119. The third-order valence-corrected chi connectivity index (χ3v) is 4.64. The minimum Gasteiger partial charge on any atom is -0.299 e. The van der Waals surface area contributed by atoms with Gasteiger partial charge in [-0.25, -0.2) is 0 Å². The summed E-state index contributed by atoms with van der Waals surface area (Å²) in [6.45, 7) is 0. The quantitative estimate of drug-likeness (QED) is 0.231. The van der Waals surface area contributed by atoms with Crippen molar-refractivity contribution >= 4 is 27.5 Å². The molecular formula is C21H23BrO2. The van der Waals surface area contributed by atoms with Gasteiger partial charge in [0.25, 0.3) is 0 Å². The second-order valence-electron chi connectivity index (χ2n) is 5.89. The molecule has 2 rings (SSSR count). The number of hydrogen-bond acceptors (Lipinski definition) is 2. The first kappa shape index (κ1) is 18.6. The van der Waals surface area contributed by atoms with Crippen molar-refractivity contribution in [1.29, 1.82) is 0 Å². The summed E-state index contributed by atoms with van der Waals surface area (Å²) in [7, 11) is 0. The van der Waals surface area contributed by atoms with Crippen LogP contribution in [-0.4, -0.2) is 16.9 Å². The predicted octanol–water partition coefficient (Wildman–Crippen LogP) is 5.57. The molecule has 0 amide bonds. The fraction of sp³-hybridized carbons (Fsp3) is 0.333. The molecular weight excluding hydrogens is 364 g/mol. The Bertz CT molecular complexity index is 637. The van der Waals surface area contributed by atoms with Crippen LogP contribution in [0.3, 0.4) is 0 Å². The van der Waals surface area contributed by atoms with E-state index >= 15 is 0 Å². The maximum atomic E-state index is 12.9. The van der Waals surface area contributed by atoms with Crippen molar-refractivity contribution < 1.29 is 9.59 Å². The Kier molecular flexibility index (Phi) is 7.90. The molecule has 0 radical (unpaired) electrons. The first-order valence-corrected chi connectivity index (χ1v) is 9.59. The minimum absolute atomic E-state index is 0.0221.